The molecule has 0 unspecified atom stereocenters. The van der Waals surface area contributed by atoms with Crippen LogP contribution in [0, 0.1) is 11.7 Å². The van der Waals surface area contributed by atoms with Crippen LogP contribution < -0.4 is 14.2 Å². The molecule has 142 valence electrons. The molecule has 0 radical (unpaired) electrons. The van der Waals surface area contributed by atoms with Crippen molar-refractivity contribution in [3.8, 4) is 11.5 Å². The monoisotopic (exact) mass is 381 g/mol. The van der Waals surface area contributed by atoms with E-state index < -0.39 is 21.9 Å². The molecule has 0 bridgehead atoms. The Balaban J connectivity index is 2.32. The molecule has 0 saturated carbocycles. The van der Waals surface area contributed by atoms with E-state index in [1.54, 1.807) is 19.2 Å². The van der Waals surface area contributed by atoms with E-state index in [1.807, 2.05) is 26.0 Å². The zero-order valence-corrected chi connectivity index (χ0v) is 16.1. The third-order valence-corrected chi connectivity index (χ3v) is 5.43. The van der Waals surface area contributed by atoms with Crippen molar-refractivity contribution in [3.05, 3.63) is 53.8 Å². The second-order valence-electron chi connectivity index (χ2n) is 6.37. The molecule has 0 aliphatic carbocycles. The van der Waals surface area contributed by atoms with Crippen LogP contribution in [0.1, 0.15) is 31.9 Å². The van der Waals surface area contributed by atoms with Crippen LogP contribution in [0.15, 0.2) is 47.4 Å². The first-order valence-corrected chi connectivity index (χ1v) is 9.75. The summed E-state index contributed by atoms with van der Waals surface area (Å²) in [5.41, 5.74) is 0.817. The Hall–Kier alpha value is -2.12. The van der Waals surface area contributed by atoms with Crippen LogP contribution in [-0.2, 0) is 10.0 Å². The Morgan fingerprint density at radius 1 is 1.04 bits per heavy atom. The molecule has 0 saturated heterocycles. The fourth-order valence-electron chi connectivity index (χ4n) is 2.63. The SMILES string of the molecule is COc1ccc([C@H](CC(C)C)NS(=O)(=O)c2ccc(OC)c(F)c2)cc1. The van der Waals surface area contributed by atoms with Gasteiger partial charge in [0.1, 0.15) is 5.75 Å². The predicted octanol–water partition coefficient (Wildman–Crippen LogP) is 3.91. The lowest BCUT2D eigenvalue weighted by molar-refractivity contribution is 0.385. The van der Waals surface area contributed by atoms with Gasteiger partial charge in [-0.05, 0) is 48.2 Å². The Bertz CT molecular complexity index is 835. The Kier molecular flexibility index (Phi) is 6.61. The summed E-state index contributed by atoms with van der Waals surface area (Å²) in [4.78, 5) is -0.141. The average molecular weight is 381 g/mol. The molecule has 0 fully saturated rings. The van der Waals surface area contributed by atoms with E-state index in [0.717, 1.165) is 11.6 Å². The van der Waals surface area contributed by atoms with Gasteiger partial charge in [-0.3, -0.25) is 0 Å². The summed E-state index contributed by atoms with van der Waals surface area (Å²) < 4.78 is 52.0. The molecule has 2 aromatic rings. The summed E-state index contributed by atoms with van der Waals surface area (Å²) in [6, 6.07) is 10.4. The quantitative estimate of drug-likeness (QED) is 0.753. The van der Waals surface area contributed by atoms with Gasteiger partial charge in [0.2, 0.25) is 10.0 Å². The van der Waals surface area contributed by atoms with Crippen LogP contribution in [0.3, 0.4) is 0 Å². The van der Waals surface area contributed by atoms with Crippen molar-refractivity contribution in [1.82, 2.24) is 4.72 Å². The third kappa shape index (κ3) is 4.95. The van der Waals surface area contributed by atoms with E-state index in [9.17, 15) is 12.8 Å². The van der Waals surface area contributed by atoms with Crippen LogP contribution in [0.25, 0.3) is 0 Å². The van der Waals surface area contributed by atoms with Crippen molar-refractivity contribution < 1.29 is 22.3 Å². The van der Waals surface area contributed by atoms with Gasteiger partial charge in [0.15, 0.2) is 11.6 Å². The number of hydrogen-bond donors (Lipinski definition) is 1. The van der Waals surface area contributed by atoms with E-state index in [4.69, 9.17) is 9.47 Å². The van der Waals surface area contributed by atoms with E-state index in [0.29, 0.717) is 12.2 Å². The summed E-state index contributed by atoms with van der Waals surface area (Å²) in [5.74, 6) is 0.229. The number of nitrogens with one attached hydrogen (secondary N) is 1. The third-order valence-electron chi connectivity index (χ3n) is 3.96. The topological polar surface area (TPSA) is 64.6 Å². The van der Waals surface area contributed by atoms with E-state index in [1.165, 1.54) is 19.2 Å². The molecule has 7 heteroatoms. The molecule has 1 N–H and O–H groups in total. The van der Waals surface area contributed by atoms with Gasteiger partial charge in [0, 0.05) is 6.04 Å². The fourth-order valence-corrected chi connectivity index (χ4v) is 3.88. The molecular weight excluding hydrogens is 357 g/mol. The zero-order chi connectivity index (χ0) is 19.3. The largest absolute Gasteiger partial charge is 0.497 e. The summed E-state index contributed by atoms with van der Waals surface area (Å²) in [6.07, 6.45) is 0.601. The first-order valence-electron chi connectivity index (χ1n) is 8.26. The van der Waals surface area contributed by atoms with Crippen LogP contribution in [-0.4, -0.2) is 22.6 Å². The summed E-state index contributed by atoms with van der Waals surface area (Å²) in [6.45, 7) is 4.02. The van der Waals surface area contributed by atoms with Crippen LogP contribution in [0.2, 0.25) is 0 Å². The molecule has 0 aliphatic rings. The van der Waals surface area contributed by atoms with Gasteiger partial charge in [0.25, 0.3) is 0 Å². The fraction of sp³-hybridized carbons (Fsp3) is 0.368. The number of hydrogen-bond acceptors (Lipinski definition) is 4. The van der Waals surface area contributed by atoms with Gasteiger partial charge in [-0.15, -0.1) is 0 Å². The van der Waals surface area contributed by atoms with Crippen LogP contribution in [0.5, 0.6) is 11.5 Å². The normalized spacial score (nSPS) is 12.8. The average Bonchev–Trinajstić information content (AvgIpc) is 2.60. The molecule has 5 nitrogen and oxygen atoms in total. The van der Waals surface area contributed by atoms with Crippen LogP contribution >= 0.6 is 0 Å². The van der Waals surface area contributed by atoms with Crippen molar-refractivity contribution in [2.75, 3.05) is 14.2 Å². The summed E-state index contributed by atoms with van der Waals surface area (Å²) in [7, 11) is -0.996. The number of methoxy groups -OCH3 is 2. The minimum Gasteiger partial charge on any atom is -0.497 e. The van der Waals surface area contributed by atoms with Gasteiger partial charge < -0.3 is 9.47 Å². The predicted molar refractivity (Wildman–Crippen MR) is 98.5 cm³/mol. The van der Waals surface area contributed by atoms with Crippen molar-refractivity contribution in [2.45, 2.75) is 31.2 Å². The molecule has 2 rings (SSSR count). The Labute approximate surface area is 154 Å². The molecule has 0 amide bonds. The standard InChI is InChI=1S/C19H24FNO4S/c1-13(2)11-18(14-5-7-15(24-3)8-6-14)21-26(22,23)16-9-10-19(25-4)17(20)12-16/h5-10,12-13,18,21H,11H2,1-4H3/t18-/m0/s1. The molecule has 0 spiro atoms. The van der Waals surface area contributed by atoms with Crippen LogP contribution in [0.4, 0.5) is 4.39 Å². The molecule has 0 aliphatic heterocycles. The molecular formula is C19H24FNO4S. The molecule has 0 aromatic heterocycles. The minimum absolute atomic E-state index is 0.00200. The summed E-state index contributed by atoms with van der Waals surface area (Å²) in [5, 5.41) is 0. The van der Waals surface area contributed by atoms with Crippen molar-refractivity contribution >= 4 is 10.0 Å². The highest BCUT2D eigenvalue weighted by Gasteiger charge is 2.23. The molecule has 1 atom stereocenters. The van der Waals surface area contributed by atoms with E-state index in [2.05, 4.69) is 4.72 Å². The van der Waals surface area contributed by atoms with Gasteiger partial charge >= 0.3 is 0 Å². The Morgan fingerprint density at radius 2 is 1.69 bits per heavy atom. The maximum Gasteiger partial charge on any atom is 0.241 e. The maximum absolute atomic E-state index is 13.9. The van der Waals surface area contributed by atoms with E-state index in [-0.39, 0.29) is 16.6 Å². The number of rotatable bonds is 8. The first-order chi connectivity index (χ1) is 12.3. The minimum atomic E-state index is -3.89. The second-order valence-corrected chi connectivity index (χ2v) is 8.09. The lowest BCUT2D eigenvalue weighted by Gasteiger charge is -2.21. The van der Waals surface area contributed by atoms with Crippen molar-refractivity contribution in [1.29, 1.82) is 0 Å². The summed E-state index contributed by atoms with van der Waals surface area (Å²) >= 11 is 0. The van der Waals surface area contributed by atoms with Crippen molar-refractivity contribution in [3.63, 3.8) is 0 Å². The lowest BCUT2D eigenvalue weighted by atomic mass is 9.98. The maximum atomic E-state index is 13.9. The smallest absolute Gasteiger partial charge is 0.241 e. The lowest BCUT2D eigenvalue weighted by Crippen LogP contribution is -2.29. The zero-order valence-electron chi connectivity index (χ0n) is 15.3. The first kappa shape index (κ1) is 20.2. The van der Waals surface area contributed by atoms with E-state index >= 15 is 0 Å². The highest BCUT2D eigenvalue weighted by atomic mass is 32.2. The van der Waals surface area contributed by atoms with Gasteiger partial charge in [-0.25, -0.2) is 17.5 Å². The molecule has 26 heavy (non-hydrogen) atoms. The number of sulfonamides is 1. The number of halogens is 1. The van der Waals surface area contributed by atoms with Gasteiger partial charge in [0.05, 0.1) is 19.1 Å². The molecule has 0 heterocycles. The van der Waals surface area contributed by atoms with Gasteiger partial charge in [-0.2, -0.15) is 0 Å². The van der Waals surface area contributed by atoms with Crippen molar-refractivity contribution in [2.24, 2.45) is 5.92 Å². The Morgan fingerprint density at radius 3 is 2.19 bits per heavy atom. The highest BCUT2D eigenvalue weighted by molar-refractivity contribution is 7.89. The number of benzene rings is 2. The van der Waals surface area contributed by atoms with Gasteiger partial charge in [-0.1, -0.05) is 26.0 Å². The second kappa shape index (κ2) is 8.51. The molecule has 2 aromatic carbocycles. The highest BCUT2D eigenvalue weighted by Crippen LogP contribution is 2.27. The number of ether oxygens (including phenoxy) is 2.